The third kappa shape index (κ3) is 6.29. The fourth-order valence-corrected chi connectivity index (χ4v) is 9.54. The lowest BCUT2D eigenvalue weighted by Crippen LogP contribution is -2.12. The molecule has 0 spiro atoms. The van der Waals surface area contributed by atoms with Crippen molar-refractivity contribution in [1.29, 1.82) is 0 Å². The van der Waals surface area contributed by atoms with Crippen LogP contribution >= 0.6 is 0 Å². The number of nitrogens with zero attached hydrogens (tertiary/aromatic N) is 2. The molecule has 0 aliphatic carbocycles. The summed E-state index contributed by atoms with van der Waals surface area (Å²) >= 11 is 0. The van der Waals surface area contributed by atoms with Crippen LogP contribution in [0.25, 0.3) is 93.9 Å². The molecule has 12 rings (SSSR count). The fourth-order valence-electron chi connectivity index (χ4n) is 9.54. The van der Waals surface area contributed by atoms with E-state index in [1.807, 2.05) is 12.1 Å². The highest BCUT2D eigenvalue weighted by Gasteiger charge is 2.22. The Bertz CT molecular complexity index is 3580. The third-order valence-corrected chi connectivity index (χ3v) is 12.4. The van der Waals surface area contributed by atoms with Gasteiger partial charge in [-0.2, -0.15) is 0 Å². The van der Waals surface area contributed by atoms with E-state index in [1.165, 1.54) is 44.1 Å². The number of para-hydroxylation sites is 4. The summed E-state index contributed by atoms with van der Waals surface area (Å²) in [5.74, 6) is 0. The minimum absolute atomic E-state index is 0.891. The molecule has 12 aromatic rings. The predicted octanol–water partition coefficient (Wildman–Crippen LogP) is 16.8. The maximum absolute atomic E-state index is 6.31. The molecule has 0 fully saturated rings. The van der Waals surface area contributed by atoms with E-state index < -0.39 is 0 Å². The van der Waals surface area contributed by atoms with Crippen molar-refractivity contribution in [1.82, 2.24) is 4.57 Å². The smallest absolute Gasteiger partial charge is 0.136 e. The molecule has 2 aromatic heterocycles. The van der Waals surface area contributed by atoms with Crippen LogP contribution in [0.15, 0.2) is 247 Å². The highest BCUT2D eigenvalue weighted by molar-refractivity contribution is 6.09. The Morgan fingerprint density at radius 1 is 0.302 bits per heavy atom. The van der Waals surface area contributed by atoms with Crippen LogP contribution in [0.5, 0.6) is 0 Å². The van der Waals surface area contributed by atoms with Crippen molar-refractivity contribution < 1.29 is 4.42 Å². The lowest BCUT2D eigenvalue weighted by molar-refractivity contribution is 0.669. The monoisotopic (exact) mass is 804 g/mol. The van der Waals surface area contributed by atoms with Gasteiger partial charge in [0.1, 0.15) is 11.2 Å². The van der Waals surface area contributed by atoms with Gasteiger partial charge in [-0.3, -0.25) is 0 Å². The van der Waals surface area contributed by atoms with Gasteiger partial charge in [-0.25, -0.2) is 0 Å². The summed E-state index contributed by atoms with van der Waals surface area (Å²) in [5, 5.41) is 4.74. The molecule has 3 heteroatoms. The van der Waals surface area contributed by atoms with Gasteiger partial charge in [-0.1, -0.05) is 176 Å². The van der Waals surface area contributed by atoms with Gasteiger partial charge in [-0.05, 0) is 106 Å². The fraction of sp³-hybridized carbons (Fsp3) is 0. The lowest BCUT2D eigenvalue weighted by atomic mass is 9.88. The van der Waals surface area contributed by atoms with Crippen LogP contribution < -0.4 is 4.90 Å². The van der Waals surface area contributed by atoms with E-state index in [9.17, 15) is 0 Å². The molecule has 0 saturated carbocycles. The summed E-state index contributed by atoms with van der Waals surface area (Å²) in [6.45, 7) is 0. The molecule has 3 nitrogen and oxygen atoms in total. The van der Waals surface area contributed by atoms with E-state index in [0.717, 1.165) is 66.9 Å². The standard InChI is InChI=1S/C60H40N2O/c1-2-17-42(18-3-1)47-21-4-5-22-48(47)49-23-6-7-24-50(49)51-25-8-12-29-56(51)61(44-36-33-41(34-37-44)43-35-38-55-54-28-11-15-32-59(54)63-60(55)39-43)45-19-16-20-46(40-45)62-57-30-13-9-26-52(57)53-27-10-14-31-58(53)62/h1-40H. The molecule has 0 atom stereocenters. The molecular weight excluding hydrogens is 765 g/mol. The van der Waals surface area contributed by atoms with E-state index in [4.69, 9.17) is 4.42 Å². The van der Waals surface area contributed by atoms with Crippen LogP contribution in [-0.4, -0.2) is 4.57 Å². The largest absolute Gasteiger partial charge is 0.456 e. The van der Waals surface area contributed by atoms with Crippen molar-refractivity contribution in [3.8, 4) is 50.2 Å². The van der Waals surface area contributed by atoms with Gasteiger partial charge in [0.15, 0.2) is 0 Å². The normalized spacial score (nSPS) is 11.5. The van der Waals surface area contributed by atoms with Crippen LogP contribution in [0.3, 0.4) is 0 Å². The van der Waals surface area contributed by atoms with Crippen molar-refractivity contribution in [3.63, 3.8) is 0 Å². The minimum atomic E-state index is 0.891. The zero-order chi connectivity index (χ0) is 41.7. The average molecular weight is 805 g/mol. The zero-order valence-electron chi connectivity index (χ0n) is 34.4. The summed E-state index contributed by atoms with van der Waals surface area (Å²) in [6.07, 6.45) is 0. The van der Waals surface area contributed by atoms with Gasteiger partial charge in [0, 0.05) is 44.2 Å². The molecule has 0 aliphatic heterocycles. The molecule has 0 radical (unpaired) electrons. The third-order valence-electron chi connectivity index (χ3n) is 12.4. The molecule has 0 N–H and O–H groups in total. The lowest BCUT2D eigenvalue weighted by Gasteiger charge is -2.29. The Morgan fingerprint density at radius 3 is 1.57 bits per heavy atom. The molecule has 0 saturated heterocycles. The SMILES string of the molecule is c1ccc(-c2ccccc2-c2ccccc2-c2ccccc2N(c2ccc(-c3ccc4c(c3)oc3ccccc34)cc2)c2cccc(-n3c4ccccc4c4ccccc43)c2)cc1. The van der Waals surface area contributed by atoms with E-state index in [-0.39, 0.29) is 0 Å². The van der Waals surface area contributed by atoms with Crippen molar-refractivity contribution in [2.45, 2.75) is 0 Å². The van der Waals surface area contributed by atoms with Gasteiger partial charge < -0.3 is 13.9 Å². The van der Waals surface area contributed by atoms with Crippen molar-refractivity contribution in [3.05, 3.63) is 243 Å². The van der Waals surface area contributed by atoms with Crippen molar-refractivity contribution >= 4 is 60.8 Å². The number of fused-ring (bicyclic) bond motifs is 6. The maximum atomic E-state index is 6.31. The number of hydrogen-bond donors (Lipinski definition) is 0. The molecule has 0 unspecified atom stereocenters. The number of benzene rings is 10. The first-order valence-corrected chi connectivity index (χ1v) is 21.5. The summed E-state index contributed by atoms with van der Waals surface area (Å²) in [4.78, 5) is 2.42. The highest BCUT2D eigenvalue weighted by atomic mass is 16.3. The number of furan rings is 1. The second kappa shape index (κ2) is 15.3. The van der Waals surface area contributed by atoms with Crippen LogP contribution in [0, 0.1) is 0 Å². The first kappa shape index (κ1) is 36.5. The molecule has 10 aromatic carbocycles. The van der Waals surface area contributed by atoms with Gasteiger partial charge in [0.2, 0.25) is 0 Å². The number of hydrogen-bond acceptors (Lipinski definition) is 2. The molecule has 0 amide bonds. The first-order valence-electron chi connectivity index (χ1n) is 21.5. The minimum Gasteiger partial charge on any atom is -0.456 e. The summed E-state index contributed by atoms with van der Waals surface area (Å²) in [5.41, 5.74) is 17.7. The number of aromatic nitrogens is 1. The van der Waals surface area contributed by atoms with Crippen LogP contribution in [0.2, 0.25) is 0 Å². The summed E-state index contributed by atoms with van der Waals surface area (Å²) < 4.78 is 8.70. The van der Waals surface area contributed by atoms with Gasteiger partial charge in [0.25, 0.3) is 0 Å². The zero-order valence-corrected chi connectivity index (χ0v) is 34.4. The Kier molecular flexibility index (Phi) is 8.83. The maximum Gasteiger partial charge on any atom is 0.136 e. The molecular formula is C60H40N2O. The Labute approximate surface area is 366 Å². The van der Waals surface area contributed by atoms with Crippen LogP contribution in [0.4, 0.5) is 17.1 Å². The summed E-state index contributed by atoms with van der Waals surface area (Å²) in [6, 6.07) is 87.2. The highest BCUT2D eigenvalue weighted by Crippen LogP contribution is 2.46. The Balaban J connectivity index is 1.04. The molecule has 296 valence electrons. The second-order valence-electron chi connectivity index (χ2n) is 16.1. The van der Waals surface area contributed by atoms with E-state index in [2.05, 4.69) is 240 Å². The Hall–Kier alpha value is -8.40. The van der Waals surface area contributed by atoms with Gasteiger partial charge in [-0.15, -0.1) is 0 Å². The van der Waals surface area contributed by atoms with E-state index >= 15 is 0 Å². The van der Waals surface area contributed by atoms with Gasteiger partial charge in [0.05, 0.1) is 16.7 Å². The second-order valence-corrected chi connectivity index (χ2v) is 16.1. The first-order chi connectivity index (χ1) is 31.3. The number of rotatable bonds is 8. The topological polar surface area (TPSA) is 21.3 Å². The summed E-state index contributed by atoms with van der Waals surface area (Å²) in [7, 11) is 0. The van der Waals surface area contributed by atoms with E-state index in [0.29, 0.717) is 0 Å². The van der Waals surface area contributed by atoms with Crippen molar-refractivity contribution in [2.75, 3.05) is 4.90 Å². The predicted molar refractivity (Wildman–Crippen MR) is 264 cm³/mol. The Morgan fingerprint density at radius 2 is 0.841 bits per heavy atom. The molecule has 0 bridgehead atoms. The van der Waals surface area contributed by atoms with Crippen LogP contribution in [-0.2, 0) is 0 Å². The van der Waals surface area contributed by atoms with Crippen LogP contribution in [0.1, 0.15) is 0 Å². The molecule has 63 heavy (non-hydrogen) atoms. The van der Waals surface area contributed by atoms with Gasteiger partial charge >= 0.3 is 0 Å². The molecule has 0 aliphatic rings. The van der Waals surface area contributed by atoms with E-state index in [1.54, 1.807) is 0 Å². The molecule has 2 heterocycles. The quantitative estimate of drug-likeness (QED) is 0.153. The average Bonchev–Trinajstić information content (AvgIpc) is 3.90. The number of anilines is 3. The van der Waals surface area contributed by atoms with Crippen molar-refractivity contribution in [2.24, 2.45) is 0 Å².